The molecule has 1 saturated heterocycles. The number of hydrogen-bond donors (Lipinski definition) is 15. The first-order valence-corrected chi connectivity index (χ1v) is 22.9. The summed E-state index contributed by atoms with van der Waals surface area (Å²) >= 11 is 0. The largest absolute Gasteiger partial charge is 0.481 e. The minimum atomic E-state index is -1.78. The summed E-state index contributed by atoms with van der Waals surface area (Å²) in [5.41, 5.74) is 28.1. The molecule has 0 aromatic heterocycles. The Kier molecular flexibility index (Phi) is 26.3. The van der Waals surface area contributed by atoms with E-state index in [0.29, 0.717) is 18.4 Å². The first kappa shape index (κ1) is 58.5. The van der Waals surface area contributed by atoms with Crippen molar-refractivity contribution in [3.8, 4) is 0 Å². The van der Waals surface area contributed by atoms with Crippen LogP contribution in [0.2, 0.25) is 0 Å². The van der Waals surface area contributed by atoms with Gasteiger partial charge in [0, 0.05) is 19.5 Å². The van der Waals surface area contributed by atoms with Crippen molar-refractivity contribution >= 4 is 71.1 Å². The molecule has 1 aromatic rings. The minimum Gasteiger partial charge on any atom is -0.481 e. The molecule has 0 spiro atoms. The van der Waals surface area contributed by atoms with Gasteiger partial charge in [-0.2, -0.15) is 0 Å². The van der Waals surface area contributed by atoms with Gasteiger partial charge in [0.1, 0.15) is 36.3 Å². The summed E-state index contributed by atoms with van der Waals surface area (Å²) in [4.78, 5) is 142. The molecule has 1 aliphatic heterocycles. The second-order valence-corrected chi connectivity index (χ2v) is 16.8. The number of carbonyl (C=O) groups excluding carboxylic acids is 9. The van der Waals surface area contributed by atoms with Crippen molar-refractivity contribution in [2.24, 2.45) is 44.6 Å². The van der Waals surface area contributed by atoms with Gasteiger partial charge < -0.3 is 81.6 Å². The van der Waals surface area contributed by atoms with Gasteiger partial charge >= 0.3 is 5.97 Å². The molecule has 0 unspecified atom stereocenters. The zero-order valence-electron chi connectivity index (χ0n) is 39.6. The van der Waals surface area contributed by atoms with Crippen molar-refractivity contribution in [2.75, 3.05) is 39.3 Å². The molecule has 2 rings (SSSR count). The van der Waals surface area contributed by atoms with Gasteiger partial charge in [-0.1, -0.05) is 44.2 Å². The summed E-state index contributed by atoms with van der Waals surface area (Å²) < 4.78 is 0. The zero-order valence-corrected chi connectivity index (χ0v) is 39.6. The van der Waals surface area contributed by atoms with E-state index < -0.39 is 121 Å². The third kappa shape index (κ3) is 23.9. The van der Waals surface area contributed by atoms with Gasteiger partial charge in [-0.15, -0.1) is 0 Å². The van der Waals surface area contributed by atoms with Crippen LogP contribution in [0.4, 0.5) is 0 Å². The fraction of sp³-hybridized carbons (Fsp3) is 0.581. The van der Waals surface area contributed by atoms with Crippen molar-refractivity contribution < 1.29 is 53.1 Å². The molecular weight excluding hydrogens is 917 g/mol. The normalized spacial score (nSPS) is 22.0. The Labute approximate surface area is 405 Å². The fourth-order valence-corrected chi connectivity index (χ4v) is 6.85. The number of rotatable bonds is 18. The molecule has 20 N–H and O–H groups in total. The van der Waals surface area contributed by atoms with Gasteiger partial charge in [0.25, 0.3) is 0 Å². The van der Waals surface area contributed by atoms with Gasteiger partial charge in [-0.25, -0.2) is 0 Å². The molecule has 0 radical (unpaired) electrons. The third-order valence-corrected chi connectivity index (χ3v) is 10.3. The number of aliphatic imine (C=N–C) groups is 2. The summed E-state index contributed by atoms with van der Waals surface area (Å²) in [6, 6.07) is 0.204. The third-order valence-electron chi connectivity index (χ3n) is 10.3. The first-order valence-electron chi connectivity index (χ1n) is 22.9. The molecule has 6 atom stereocenters. The lowest BCUT2D eigenvalue weighted by Crippen LogP contribution is -2.59. The van der Waals surface area contributed by atoms with E-state index in [2.05, 4.69) is 57.8 Å². The lowest BCUT2D eigenvalue weighted by molar-refractivity contribution is -0.141. The van der Waals surface area contributed by atoms with Crippen LogP contribution in [0, 0.1) is 5.92 Å². The SMILES string of the molecule is CC(C)C[C@@H]1NC(=O)CNC(=O)CNC(=O)[C@H](CCCN=C(N)N)NC(=O)[C@H](CC(=O)O)NC(=O)CNC(=O)[C@H](CCCCN)NC(=O)[C@H](CCCN=C(N)N)NC(=O)[C@H](Cc2ccccc2)NC1=O. The second-order valence-electron chi connectivity index (χ2n) is 16.8. The molecule has 0 bridgehead atoms. The molecule has 9 amide bonds. The van der Waals surface area contributed by atoms with Crippen LogP contribution in [0.15, 0.2) is 40.3 Å². The number of carbonyl (C=O) groups is 10. The molecule has 1 aromatic carbocycles. The standard InChI is InChI=1S/C43H70N16O11/c1-24(2)18-29-39(68)59-30(19-25-10-4-3-5-11-25)40(69)58-28(14-9-17-50-43(47)48)38(67)56-26(12-6-7-15-44)36(65)53-23-34(62)55-31(20-35(63)64)41(70)57-27(13-8-16-49-42(45)46)37(66)52-21-32(60)51-22-33(61)54-29/h3-5,10-11,24,26-31H,6-9,12-23,44H2,1-2H3,(H,51,60)(H,52,66)(H,53,65)(H,54,61)(H,55,62)(H,56,67)(H,57,70)(H,58,69)(H,59,68)(H,63,64)(H4,45,46,49)(H4,47,48,50)/t26-,27-,28-,29-,30-,31-/m0/s1. The van der Waals surface area contributed by atoms with Crippen molar-refractivity contribution in [3.05, 3.63) is 35.9 Å². The topological polar surface area (TPSA) is 454 Å². The van der Waals surface area contributed by atoms with Gasteiger partial charge in [0.05, 0.1) is 26.1 Å². The van der Waals surface area contributed by atoms with Crippen molar-refractivity contribution in [3.63, 3.8) is 0 Å². The highest BCUT2D eigenvalue weighted by atomic mass is 16.4. The van der Waals surface area contributed by atoms with Crippen molar-refractivity contribution in [1.29, 1.82) is 0 Å². The van der Waals surface area contributed by atoms with Crippen molar-refractivity contribution in [1.82, 2.24) is 47.9 Å². The van der Waals surface area contributed by atoms with Crippen LogP contribution < -0.4 is 76.5 Å². The number of benzene rings is 1. The predicted octanol–water partition coefficient (Wildman–Crippen LogP) is -5.74. The Morgan fingerprint density at radius 2 is 0.986 bits per heavy atom. The van der Waals surface area contributed by atoms with Gasteiger partial charge in [-0.3, -0.25) is 57.9 Å². The number of amides is 9. The van der Waals surface area contributed by atoms with E-state index in [1.807, 2.05) is 0 Å². The smallest absolute Gasteiger partial charge is 0.305 e. The van der Waals surface area contributed by atoms with Crippen molar-refractivity contribution in [2.45, 2.75) is 114 Å². The number of nitrogens with one attached hydrogen (secondary N) is 9. The number of nitrogens with zero attached hydrogens (tertiary/aromatic N) is 2. The molecule has 1 fully saturated rings. The Hall–Kier alpha value is -7.58. The maximum absolute atomic E-state index is 14.3. The second kappa shape index (κ2) is 31.5. The summed E-state index contributed by atoms with van der Waals surface area (Å²) in [5, 5.41) is 31.8. The summed E-state index contributed by atoms with van der Waals surface area (Å²) in [6.07, 6.45) is -0.101. The van der Waals surface area contributed by atoms with E-state index in [1.165, 1.54) is 0 Å². The lowest BCUT2D eigenvalue weighted by Gasteiger charge is -2.27. The Bertz CT molecular complexity index is 2010. The molecule has 27 heteroatoms. The van der Waals surface area contributed by atoms with Gasteiger partial charge in [0.2, 0.25) is 53.2 Å². The van der Waals surface area contributed by atoms with Crippen LogP contribution in [0.3, 0.4) is 0 Å². The molecule has 388 valence electrons. The molecule has 0 aliphatic carbocycles. The maximum atomic E-state index is 14.3. The molecule has 1 aliphatic rings. The summed E-state index contributed by atoms with van der Waals surface area (Å²) in [5.74, 6) is -10.1. The first-order chi connectivity index (χ1) is 33.2. The molecule has 1 heterocycles. The highest BCUT2D eigenvalue weighted by molar-refractivity contribution is 5.98. The number of aliphatic carboxylic acids is 1. The van der Waals surface area contributed by atoms with Gasteiger partial charge in [0.15, 0.2) is 11.9 Å². The summed E-state index contributed by atoms with van der Waals surface area (Å²) in [7, 11) is 0. The highest BCUT2D eigenvalue weighted by Crippen LogP contribution is 2.11. The fourth-order valence-electron chi connectivity index (χ4n) is 6.85. The Morgan fingerprint density at radius 3 is 1.49 bits per heavy atom. The predicted molar refractivity (Wildman–Crippen MR) is 255 cm³/mol. The van der Waals surface area contributed by atoms with Crippen LogP contribution >= 0.6 is 0 Å². The minimum absolute atomic E-state index is 0.0106. The Balaban J connectivity index is 2.64. The number of hydrogen-bond acceptors (Lipinski definition) is 13. The van der Waals surface area contributed by atoms with Gasteiger partial charge in [-0.05, 0) is 69.4 Å². The highest BCUT2D eigenvalue weighted by Gasteiger charge is 2.33. The number of guanidine groups is 2. The van der Waals surface area contributed by atoms with Crippen LogP contribution in [-0.4, -0.2) is 152 Å². The average Bonchev–Trinajstić information content (AvgIpc) is 3.29. The van der Waals surface area contributed by atoms with E-state index in [4.69, 9.17) is 28.7 Å². The zero-order chi connectivity index (χ0) is 52.2. The number of carboxylic acid groups (broad SMARTS) is 1. The number of nitrogens with two attached hydrogens (primary N) is 5. The average molecular weight is 987 g/mol. The molecule has 0 saturated carbocycles. The van der Waals surface area contributed by atoms with Crippen LogP contribution in [0.1, 0.15) is 77.2 Å². The van der Waals surface area contributed by atoms with Crippen LogP contribution in [-0.2, 0) is 54.4 Å². The van der Waals surface area contributed by atoms with E-state index in [1.54, 1.807) is 44.2 Å². The number of carboxylic acids is 1. The monoisotopic (exact) mass is 987 g/mol. The van der Waals surface area contributed by atoms with Crippen LogP contribution in [0.5, 0.6) is 0 Å². The van der Waals surface area contributed by atoms with Crippen LogP contribution in [0.25, 0.3) is 0 Å². The molecular formula is C43H70N16O11. The Morgan fingerprint density at radius 1 is 0.557 bits per heavy atom. The van der Waals surface area contributed by atoms with E-state index in [-0.39, 0.29) is 82.4 Å². The molecule has 70 heavy (non-hydrogen) atoms. The maximum Gasteiger partial charge on any atom is 0.305 e. The van der Waals surface area contributed by atoms with E-state index in [9.17, 15) is 53.1 Å². The lowest BCUT2D eigenvalue weighted by atomic mass is 10.0. The summed E-state index contributed by atoms with van der Waals surface area (Å²) in [6.45, 7) is 1.73. The number of unbranched alkanes of at least 4 members (excludes halogenated alkanes) is 1. The quantitative estimate of drug-likeness (QED) is 0.0370. The molecule has 27 nitrogen and oxygen atoms in total. The van der Waals surface area contributed by atoms with E-state index >= 15 is 0 Å². The van der Waals surface area contributed by atoms with E-state index in [0.717, 1.165) is 0 Å².